The maximum Gasteiger partial charge on any atom is 0.330 e. The quantitative estimate of drug-likeness (QED) is 0.655. The SMILES string of the molecule is Cc1ccc(/C=C/C(=O)N(C)c2c(N)n(Cc3ccccc3)c(=O)[nH]c2=O)o1. The molecule has 3 N–H and O–H groups in total. The molecule has 0 fully saturated rings. The van der Waals surface area contributed by atoms with Crippen LogP contribution < -0.4 is 21.9 Å². The molecule has 8 heteroatoms. The Morgan fingerprint density at radius 2 is 1.93 bits per heavy atom. The van der Waals surface area contributed by atoms with E-state index in [1.54, 1.807) is 19.1 Å². The van der Waals surface area contributed by atoms with Crippen LogP contribution in [0.3, 0.4) is 0 Å². The van der Waals surface area contributed by atoms with Crippen LogP contribution >= 0.6 is 0 Å². The van der Waals surface area contributed by atoms with Gasteiger partial charge in [0.25, 0.3) is 11.5 Å². The van der Waals surface area contributed by atoms with E-state index in [1.165, 1.54) is 23.8 Å². The Labute approximate surface area is 160 Å². The highest BCUT2D eigenvalue weighted by Gasteiger charge is 2.19. The van der Waals surface area contributed by atoms with Gasteiger partial charge in [0, 0.05) is 13.1 Å². The minimum Gasteiger partial charge on any atom is -0.462 e. The Balaban J connectivity index is 1.93. The van der Waals surface area contributed by atoms with E-state index in [0.717, 1.165) is 10.5 Å². The predicted molar refractivity (Wildman–Crippen MR) is 107 cm³/mol. The third-order valence-electron chi connectivity index (χ3n) is 4.21. The molecule has 0 aliphatic heterocycles. The van der Waals surface area contributed by atoms with E-state index < -0.39 is 17.2 Å². The molecule has 0 spiro atoms. The molecule has 0 aliphatic rings. The fraction of sp³-hybridized carbons (Fsp3) is 0.150. The van der Waals surface area contributed by atoms with Crippen molar-refractivity contribution in [2.24, 2.45) is 0 Å². The maximum absolute atomic E-state index is 12.5. The summed E-state index contributed by atoms with van der Waals surface area (Å²) in [4.78, 5) is 40.3. The number of carbonyl (C=O) groups excluding carboxylic acids is 1. The van der Waals surface area contributed by atoms with Gasteiger partial charge in [0.15, 0.2) is 5.69 Å². The van der Waals surface area contributed by atoms with Gasteiger partial charge in [0.2, 0.25) is 0 Å². The fourth-order valence-corrected chi connectivity index (χ4v) is 2.74. The summed E-state index contributed by atoms with van der Waals surface area (Å²) in [5.74, 6) is 0.649. The van der Waals surface area contributed by atoms with E-state index in [2.05, 4.69) is 4.98 Å². The molecule has 0 saturated heterocycles. The van der Waals surface area contributed by atoms with Gasteiger partial charge in [-0.15, -0.1) is 0 Å². The third-order valence-corrected chi connectivity index (χ3v) is 4.21. The zero-order chi connectivity index (χ0) is 20.3. The van der Waals surface area contributed by atoms with E-state index in [4.69, 9.17) is 10.2 Å². The van der Waals surface area contributed by atoms with Crippen LogP contribution in [0.1, 0.15) is 17.1 Å². The van der Waals surface area contributed by atoms with Crippen LogP contribution in [0, 0.1) is 6.92 Å². The fourth-order valence-electron chi connectivity index (χ4n) is 2.74. The number of rotatable bonds is 5. The third kappa shape index (κ3) is 3.96. The highest BCUT2D eigenvalue weighted by molar-refractivity contribution is 6.04. The van der Waals surface area contributed by atoms with Crippen LogP contribution in [-0.4, -0.2) is 22.5 Å². The number of likely N-dealkylation sites (N-methyl/N-ethyl adjacent to an activating group) is 1. The molecular weight excluding hydrogens is 360 g/mol. The van der Waals surface area contributed by atoms with Crippen molar-refractivity contribution >= 4 is 23.5 Å². The molecule has 1 amide bonds. The molecule has 28 heavy (non-hydrogen) atoms. The van der Waals surface area contributed by atoms with E-state index in [9.17, 15) is 14.4 Å². The number of hydrogen-bond donors (Lipinski definition) is 2. The molecule has 2 aromatic heterocycles. The molecule has 0 unspecified atom stereocenters. The number of nitrogens with zero attached hydrogens (tertiary/aromatic N) is 2. The number of carbonyl (C=O) groups is 1. The molecule has 0 aliphatic carbocycles. The van der Waals surface area contributed by atoms with Crippen LogP contribution in [0.4, 0.5) is 11.5 Å². The maximum atomic E-state index is 12.5. The first-order valence-corrected chi connectivity index (χ1v) is 8.55. The molecule has 0 bridgehead atoms. The summed E-state index contributed by atoms with van der Waals surface area (Å²) in [5.41, 5.74) is 5.45. The van der Waals surface area contributed by atoms with Crippen LogP contribution in [0.2, 0.25) is 0 Å². The van der Waals surface area contributed by atoms with Gasteiger partial charge in [0.05, 0.1) is 6.54 Å². The summed E-state index contributed by atoms with van der Waals surface area (Å²) in [7, 11) is 1.42. The summed E-state index contributed by atoms with van der Waals surface area (Å²) < 4.78 is 6.59. The lowest BCUT2D eigenvalue weighted by molar-refractivity contribution is -0.113. The lowest BCUT2D eigenvalue weighted by Gasteiger charge is -2.19. The first-order chi connectivity index (χ1) is 13.4. The number of amides is 1. The molecule has 0 radical (unpaired) electrons. The highest BCUT2D eigenvalue weighted by Crippen LogP contribution is 2.17. The Morgan fingerprint density at radius 1 is 1.21 bits per heavy atom. The van der Waals surface area contributed by atoms with Gasteiger partial charge in [-0.1, -0.05) is 30.3 Å². The molecule has 3 rings (SSSR count). The number of furan rings is 1. The number of aryl methyl sites for hydroxylation is 1. The van der Waals surface area contributed by atoms with Crippen molar-refractivity contribution in [2.45, 2.75) is 13.5 Å². The van der Waals surface area contributed by atoms with Crippen LogP contribution in [0.25, 0.3) is 6.08 Å². The number of benzene rings is 1. The lowest BCUT2D eigenvalue weighted by atomic mass is 10.2. The highest BCUT2D eigenvalue weighted by atomic mass is 16.3. The molecule has 0 atom stereocenters. The zero-order valence-electron chi connectivity index (χ0n) is 15.5. The van der Waals surface area contributed by atoms with E-state index in [0.29, 0.717) is 11.5 Å². The minimum atomic E-state index is -0.732. The minimum absolute atomic E-state index is 0.0873. The Hall–Kier alpha value is -3.81. The summed E-state index contributed by atoms with van der Waals surface area (Å²) in [6, 6.07) is 12.7. The number of aromatic nitrogens is 2. The Kier molecular flexibility index (Phi) is 5.30. The van der Waals surface area contributed by atoms with Gasteiger partial charge < -0.3 is 15.1 Å². The number of nitrogen functional groups attached to an aromatic ring is 1. The average molecular weight is 380 g/mol. The van der Waals surface area contributed by atoms with Crippen molar-refractivity contribution in [3.05, 3.63) is 86.5 Å². The van der Waals surface area contributed by atoms with Gasteiger partial charge in [-0.25, -0.2) is 4.79 Å². The number of anilines is 2. The molecule has 144 valence electrons. The van der Waals surface area contributed by atoms with Crippen molar-refractivity contribution in [1.29, 1.82) is 0 Å². The van der Waals surface area contributed by atoms with Crippen LogP contribution in [0.15, 0.2) is 62.5 Å². The van der Waals surface area contributed by atoms with Gasteiger partial charge in [-0.2, -0.15) is 0 Å². The van der Waals surface area contributed by atoms with E-state index >= 15 is 0 Å². The van der Waals surface area contributed by atoms with E-state index in [-0.39, 0.29) is 18.1 Å². The summed E-state index contributed by atoms with van der Waals surface area (Å²) in [6.45, 7) is 1.96. The van der Waals surface area contributed by atoms with Crippen molar-refractivity contribution in [2.75, 3.05) is 17.7 Å². The van der Waals surface area contributed by atoms with Gasteiger partial charge >= 0.3 is 5.69 Å². The second kappa shape index (κ2) is 7.83. The number of hydrogen-bond acceptors (Lipinski definition) is 5. The molecule has 2 heterocycles. The van der Waals surface area contributed by atoms with Crippen LogP contribution in [-0.2, 0) is 11.3 Å². The molecule has 1 aromatic carbocycles. The summed E-state index contributed by atoms with van der Waals surface area (Å²) >= 11 is 0. The number of aromatic amines is 1. The predicted octanol–water partition coefficient (Wildman–Crippen LogP) is 1.74. The smallest absolute Gasteiger partial charge is 0.330 e. The van der Waals surface area contributed by atoms with Crippen molar-refractivity contribution in [3.63, 3.8) is 0 Å². The van der Waals surface area contributed by atoms with Crippen molar-refractivity contribution < 1.29 is 9.21 Å². The first kappa shape index (κ1) is 19.0. The standard InChI is InChI=1S/C20H20N4O4/c1-13-8-9-15(28-13)10-11-16(25)23(2)17-18(21)24(20(27)22-19(17)26)12-14-6-4-3-5-7-14/h3-11H,12,21H2,1-2H3,(H,22,26,27)/b11-10+. The topological polar surface area (TPSA) is 114 Å². The largest absolute Gasteiger partial charge is 0.462 e. The van der Waals surface area contributed by atoms with Crippen molar-refractivity contribution in [3.8, 4) is 0 Å². The molecule has 3 aromatic rings. The summed E-state index contributed by atoms with van der Waals surface area (Å²) in [5, 5.41) is 0. The van der Waals surface area contributed by atoms with Gasteiger partial charge in [-0.3, -0.25) is 19.1 Å². The monoisotopic (exact) mass is 380 g/mol. The molecular formula is C20H20N4O4. The Bertz CT molecular complexity index is 1140. The lowest BCUT2D eigenvalue weighted by Crippen LogP contribution is -2.39. The normalized spacial score (nSPS) is 11.1. The number of nitrogens with two attached hydrogens (primary N) is 1. The Morgan fingerprint density at radius 3 is 2.57 bits per heavy atom. The molecule has 0 saturated carbocycles. The van der Waals surface area contributed by atoms with Gasteiger partial charge in [0.1, 0.15) is 17.3 Å². The van der Waals surface area contributed by atoms with Gasteiger partial charge in [-0.05, 0) is 30.7 Å². The molecule has 8 nitrogen and oxygen atoms in total. The number of H-pyrrole nitrogens is 1. The van der Waals surface area contributed by atoms with E-state index in [1.807, 2.05) is 30.3 Å². The average Bonchev–Trinajstić information content (AvgIpc) is 3.09. The summed E-state index contributed by atoms with van der Waals surface area (Å²) in [6.07, 6.45) is 2.76. The second-order valence-electron chi connectivity index (χ2n) is 6.24. The first-order valence-electron chi connectivity index (χ1n) is 8.55. The van der Waals surface area contributed by atoms with Crippen LogP contribution in [0.5, 0.6) is 0 Å². The number of nitrogens with one attached hydrogen (secondary N) is 1. The second-order valence-corrected chi connectivity index (χ2v) is 6.24. The van der Waals surface area contributed by atoms with Crippen molar-refractivity contribution in [1.82, 2.24) is 9.55 Å². The zero-order valence-corrected chi connectivity index (χ0v) is 15.5.